The average molecular weight is 459 g/mol. The Hall–Kier alpha value is -2.96. The van der Waals surface area contributed by atoms with Crippen LogP contribution in [0.4, 0.5) is 10.1 Å². The van der Waals surface area contributed by atoms with Crippen LogP contribution in [0.25, 0.3) is 0 Å². The second kappa shape index (κ2) is 10.6. The van der Waals surface area contributed by atoms with Gasteiger partial charge in [0, 0.05) is 39.1 Å². The number of carbonyl (C=O) groups is 1. The van der Waals surface area contributed by atoms with Crippen molar-refractivity contribution in [3.63, 3.8) is 0 Å². The van der Waals surface area contributed by atoms with E-state index in [1.807, 2.05) is 18.0 Å². The molecule has 1 saturated heterocycles. The number of amides is 1. The van der Waals surface area contributed by atoms with Gasteiger partial charge in [-0.15, -0.1) is 0 Å². The maximum atomic E-state index is 13.8. The van der Waals surface area contributed by atoms with Crippen molar-refractivity contribution in [1.82, 2.24) is 9.62 Å². The molecular formula is C23H27FN4O3S. The van der Waals surface area contributed by atoms with Crippen molar-refractivity contribution in [2.24, 2.45) is 5.92 Å². The lowest BCUT2D eigenvalue weighted by atomic mass is 9.97. The maximum absolute atomic E-state index is 13.8. The van der Waals surface area contributed by atoms with Crippen LogP contribution >= 0.6 is 0 Å². The average Bonchev–Trinajstić information content (AvgIpc) is 2.82. The summed E-state index contributed by atoms with van der Waals surface area (Å²) in [5.41, 5.74) is 0.925. The van der Waals surface area contributed by atoms with Crippen LogP contribution in [0.2, 0.25) is 0 Å². The standard InChI is InChI=1S/C23H27FN4O3S/c1-27(22-6-3-2-5-21(22)24)14-4-13-26-23(29)19-11-15-28(16-12-19)32(30,31)20-9-7-18(17-25)8-10-20/h2-3,5-10,19H,4,11-16H2,1H3,(H,26,29). The fraction of sp³-hybridized carbons (Fsp3) is 0.391. The van der Waals surface area contributed by atoms with E-state index in [0.29, 0.717) is 43.6 Å². The van der Waals surface area contributed by atoms with Gasteiger partial charge in [-0.1, -0.05) is 12.1 Å². The lowest BCUT2D eigenvalue weighted by Crippen LogP contribution is -2.43. The van der Waals surface area contributed by atoms with Gasteiger partial charge in [-0.25, -0.2) is 12.8 Å². The van der Waals surface area contributed by atoms with Gasteiger partial charge in [-0.05, 0) is 55.7 Å². The number of benzene rings is 2. The molecule has 3 rings (SSSR count). The summed E-state index contributed by atoms with van der Waals surface area (Å²) in [6.45, 7) is 1.62. The van der Waals surface area contributed by atoms with Gasteiger partial charge in [0.25, 0.3) is 0 Å². The van der Waals surface area contributed by atoms with E-state index in [2.05, 4.69) is 5.32 Å². The molecule has 0 aliphatic carbocycles. The van der Waals surface area contributed by atoms with Gasteiger partial charge in [0.05, 0.1) is 22.2 Å². The Morgan fingerprint density at radius 2 is 1.84 bits per heavy atom. The van der Waals surface area contributed by atoms with E-state index in [0.717, 1.165) is 0 Å². The highest BCUT2D eigenvalue weighted by atomic mass is 32.2. The highest BCUT2D eigenvalue weighted by Crippen LogP contribution is 2.24. The zero-order valence-corrected chi connectivity index (χ0v) is 18.8. The summed E-state index contributed by atoms with van der Waals surface area (Å²) in [7, 11) is -1.83. The van der Waals surface area contributed by atoms with E-state index in [9.17, 15) is 17.6 Å². The van der Waals surface area contributed by atoms with Crippen molar-refractivity contribution in [3.8, 4) is 6.07 Å². The van der Waals surface area contributed by atoms with Crippen LogP contribution in [-0.2, 0) is 14.8 Å². The van der Waals surface area contributed by atoms with Crippen molar-refractivity contribution in [3.05, 3.63) is 59.9 Å². The number of nitriles is 1. The van der Waals surface area contributed by atoms with Gasteiger partial charge in [-0.3, -0.25) is 4.79 Å². The van der Waals surface area contributed by atoms with E-state index >= 15 is 0 Å². The molecule has 32 heavy (non-hydrogen) atoms. The number of anilines is 1. The van der Waals surface area contributed by atoms with Crippen LogP contribution in [0.5, 0.6) is 0 Å². The van der Waals surface area contributed by atoms with Gasteiger partial charge in [0.2, 0.25) is 15.9 Å². The number of hydrogen-bond acceptors (Lipinski definition) is 5. The SMILES string of the molecule is CN(CCCNC(=O)C1CCN(S(=O)(=O)c2ccc(C#N)cc2)CC1)c1ccccc1F. The monoisotopic (exact) mass is 458 g/mol. The molecule has 170 valence electrons. The first-order valence-corrected chi connectivity index (χ1v) is 12.0. The third kappa shape index (κ3) is 5.64. The molecule has 0 radical (unpaired) electrons. The van der Waals surface area contributed by atoms with Gasteiger partial charge >= 0.3 is 0 Å². The number of hydrogen-bond donors (Lipinski definition) is 1. The zero-order valence-electron chi connectivity index (χ0n) is 18.0. The maximum Gasteiger partial charge on any atom is 0.243 e. The zero-order chi connectivity index (χ0) is 23.1. The van der Waals surface area contributed by atoms with Gasteiger partial charge in [0.15, 0.2) is 0 Å². The van der Waals surface area contributed by atoms with E-state index in [4.69, 9.17) is 5.26 Å². The molecule has 1 aliphatic heterocycles. The molecule has 0 unspecified atom stereocenters. The van der Waals surface area contributed by atoms with Crippen molar-refractivity contribution >= 4 is 21.6 Å². The molecule has 1 heterocycles. The van der Waals surface area contributed by atoms with Gasteiger partial charge in [0.1, 0.15) is 5.82 Å². The molecule has 0 spiro atoms. The smallest absolute Gasteiger partial charge is 0.243 e. The fourth-order valence-corrected chi connectivity index (χ4v) is 5.23. The van der Waals surface area contributed by atoms with Crippen molar-refractivity contribution in [2.45, 2.75) is 24.2 Å². The Kier molecular flexibility index (Phi) is 7.83. The molecule has 0 aromatic heterocycles. The summed E-state index contributed by atoms with van der Waals surface area (Å²) < 4.78 is 40.8. The summed E-state index contributed by atoms with van der Waals surface area (Å²) in [5, 5.41) is 11.8. The summed E-state index contributed by atoms with van der Waals surface area (Å²) in [4.78, 5) is 14.4. The molecular weight excluding hydrogens is 431 g/mol. The molecule has 9 heteroatoms. The summed E-state index contributed by atoms with van der Waals surface area (Å²) in [6.07, 6.45) is 1.58. The van der Waals surface area contributed by atoms with Crippen LogP contribution in [-0.4, -0.2) is 51.9 Å². The Morgan fingerprint density at radius 3 is 2.47 bits per heavy atom. The lowest BCUT2D eigenvalue weighted by Gasteiger charge is -2.30. The van der Waals surface area contributed by atoms with E-state index < -0.39 is 10.0 Å². The Balaban J connectivity index is 1.43. The van der Waals surface area contributed by atoms with Crippen LogP contribution < -0.4 is 10.2 Å². The third-order valence-corrected chi connectivity index (χ3v) is 7.59. The molecule has 1 amide bonds. The van der Waals surface area contributed by atoms with Crippen LogP contribution in [0.15, 0.2) is 53.4 Å². The first-order valence-electron chi connectivity index (χ1n) is 10.6. The number of nitrogens with zero attached hydrogens (tertiary/aromatic N) is 3. The fourth-order valence-electron chi connectivity index (χ4n) is 3.76. The highest BCUT2D eigenvalue weighted by Gasteiger charge is 2.31. The Labute approximate surface area is 188 Å². The molecule has 1 N–H and O–H groups in total. The molecule has 0 saturated carbocycles. The summed E-state index contributed by atoms with van der Waals surface area (Å²) >= 11 is 0. The van der Waals surface area contributed by atoms with Crippen LogP contribution in [0.1, 0.15) is 24.8 Å². The van der Waals surface area contributed by atoms with Crippen molar-refractivity contribution < 1.29 is 17.6 Å². The number of halogens is 1. The largest absolute Gasteiger partial charge is 0.372 e. The number of carbonyl (C=O) groups excluding carboxylic acids is 1. The highest BCUT2D eigenvalue weighted by molar-refractivity contribution is 7.89. The van der Waals surface area contributed by atoms with Gasteiger partial charge in [-0.2, -0.15) is 9.57 Å². The molecule has 0 atom stereocenters. The predicted molar refractivity (Wildman–Crippen MR) is 120 cm³/mol. The number of piperidine rings is 1. The normalized spacial score (nSPS) is 15.2. The second-order valence-electron chi connectivity index (χ2n) is 7.83. The number of nitrogens with one attached hydrogen (secondary N) is 1. The predicted octanol–water partition coefficient (Wildman–Crippen LogP) is 2.74. The topological polar surface area (TPSA) is 93.5 Å². The van der Waals surface area contributed by atoms with E-state index in [1.165, 1.54) is 34.6 Å². The van der Waals surface area contributed by atoms with E-state index in [1.54, 1.807) is 18.2 Å². The number of para-hydroxylation sites is 1. The minimum Gasteiger partial charge on any atom is -0.372 e. The first kappa shape index (κ1) is 23.7. The Bertz CT molecular complexity index is 1080. The molecule has 2 aromatic rings. The molecule has 7 nitrogen and oxygen atoms in total. The summed E-state index contributed by atoms with van der Waals surface area (Å²) in [5.74, 6) is -0.581. The minimum atomic E-state index is -3.64. The van der Waals surface area contributed by atoms with Gasteiger partial charge < -0.3 is 10.2 Å². The summed E-state index contributed by atoms with van der Waals surface area (Å²) in [6, 6.07) is 14.4. The quantitative estimate of drug-likeness (QED) is 0.614. The van der Waals surface area contributed by atoms with E-state index in [-0.39, 0.29) is 35.6 Å². The van der Waals surface area contributed by atoms with Crippen molar-refractivity contribution in [1.29, 1.82) is 5.26 Å². The van der Waals surface area contributed by atoms with Crippen LogP contribution in [0.3, 0.4) is 0 Å². The minimum absolute atomic E-state index is 0.0750. The van der Waals surface area contributed by atoms with Crippen molar-refractivity contribution in [2.75, 3.05) is 38.1 Å². The lowest BCUT2D eigenvalue weighted by molar-refractivity contribution is -0.126. The second-order valence-corrected chi connectivity index (χ2v) is 9.77. The molecule has 2 aromatic carbocycles. The third-order valence-electron chi connectivity index (χ3n) is 5.68. The Morgan fingerprint density at radius 1 is 1.19 bits per heavy atom. The number of sulfonamides is 1. The first-order chi connectivity index (χ1) is 15.3. The number of rotatable bonds is 8. The molecule has 0 bridgehead atoms. The molecule has 1 fully saturated rings. The van der Waals surface area contributed by atoms with Crippen LogP contribution in [0, 0.1) is 23.1 Å². The molecule has 1 aliphatic rings.